The van der Waals surface area contributed by atoms with Crippen LogP contribution in [0.25, 0.3) is 31.3 Å². The number of aromatic nitrogens is 1. The van der Waals surface area contributed by atoms with Crippen LogP contribution in [0, 0.1) is 0 Å². The van der Waals surface area contributed by atoms with E-state index in [1.54, 1.807) is 6.07 Å². The van der Waals surface area contributed by atoms with Gasteiger partial charge in [-0.2, -0.15) is 0 Å². The smallest absolute Gasteiger partial charge is 0.329 e. The predicted molar refractivity (Wildman–Crippen MR) is 103 cm³/mol. The average Bonchev–Trinajstić information content (AvgIpc) is 2.66. The van der Waals surface area contributed by atoms with Crippen LogP contribution in [0.3, 0.4) is 0 Å². The summed E-state index contributed by atoms with van der Waals surface area (Å²) in [6.45, 7) is 1.08. The topological polar surface area (TPSA) is 195 Å². The fourth-order valence-corrected chi connectivity index (χ4v) is 2.60. The number of rotatable bonds is 11. The number of hydrogen-bond donors (Lipinski definition) is 0. The first-order valence-corrected chi connectivity index (χ1v) is 8.79. The Balaban J connectivity index is 3.16. The first kappa shape index (κ1) is 22.9. The summed E-state index contributed by atoms with van der Waals surface area (Å²) in [6, 6.07) is 1.88. The molecule has 1 rings (SSSR count). The third kappa shape index (κ3) is 7.22. The second-order valence-corrected chi connectivity index (χ2v) is 6.77. The van der Waals surface area contributed by atoms with Crippen LogP contribution in [0.1, 0.15) is 25.8 Å². The molecule has 0 saturated carbocycles. The van der Waals surface area contributed by atoms with Crippen LogP contribution in [0.15, 0.2) is 42.9 Å². The van der Waals surface area contributed by atoms with Crippen molar-refractivity contribution in [3.05, 3.63) is 64.5 Å². The fraction of sp³-hybridized carbons (Fsp3) is 0.571. The Morgan fingerprint density at radius 1 is 1.25 bits per heavy atom. The maximum atomic E-state index is 12.8. The molecule has 1 aromatic rings. The highest BCUT2D eigenvalue weighted by Crippen LogP contribution is 2.21. The minimum atomic E-state index is -1.38. The van der Waals surface area contributed by atoms with Crippen LogP contribution < -0.4 is 5.56 Å². The summed E-state index contributed by atoms with van der Waals surface area (Å²) in [5, 5.41) is 10.2. The Bertz CT molecular complexity index is 877. The van der Waals surface area contributed by atoms with Crippen molar-refractivity contribution in [2.45, 2.75) is 31.4 Å². The Kier molecular flexibility index (Phi) is 9.41. The summed E-state index contributed by atoms with van der Waals surface area (Å²) in [4.78, 5) is 33.0. The first-order chi connectivity index (χ1) is 13.4. The lowest BCUT2D eigenvalue weighted by Crippen LogP contribution is -2.41. The van der Waals surface area contributed by atoms with Gasteiger partial charge in [0.2, 0.25) is 0 Å². The van der Waals surface area contributed by atoms with Gasteiger partial charge in [-0.25, -0.2) is 4.79 Å². The van der Waals surface area contributed by atoms with E-state index in [9.17, 15) is 9.59 Å². The van der Waals surface area contributed by atoms with Crippen LogP contribution >= 0.6 is 15.9 Å². The van der Waals surface area contributed by atoms with Gasteiger partial charge in [-0.15, -0.1) is 0 Å². The number of pyridine rings is 1. The van der Waals surface area contributed by atoms with Crippen molar-refractivity contribution in [3.8, 4) is 0 Å². The van der Waals surface area contributed by atoms with Gasteiger partial charge in [0.25, 0.3) is 5.56 Å². The summed E-state index contributed by atoms with van der Waals surface area (Å²) in [7, 11) is 0. The summed E-state index contributed by atoms with van der Waals surface area (Å²) in [5.74, 6) is -0.769. The predicted octanol–water partition coefficient (Wildman–Crippen LogP) is 4.16. The molecule has 0 amide bonds. The standard InChI is InChI=1S/C14H17BrN10O3/c1-14(8-20-23-17,9-21-24-18)28-13(27)11(3-2-5-19-22-16)25-6-4-10(15)7-12(25)26/h4,6-7,11H,2-3,5,8-9H2,1H3. The number of ether oxygens (including phenoxy) is 1. The number of nitrogens with zero attached hydrogens (tertiary/aromatic N) is 10. The van der Waals surface area contributed by atoms with Gasteiger partial charge in [0, 0.05) is 38.0 Å². The van der Waals surface area contributed by atoms with Crippen LogP contribution in [0.4, 0.5) is 0 Å². The third-order valence-corrected chi connectivity index (χ3v) is 4.09. The minimum Gasteiger partial charge on any atom is -0.458 e. The van der Waals surface area contributed by atoms with E-state index >= 15 is 0 Å². The van der Waals surface area contributed by atoms with E-state index in [0.29, 0.717) is 10.9 Å². The lowest BCUT2D eigenvalue weighted by Gasteiger charge is -2.29. The van der Waals surface area contributed by atoms with Crippen molar-refractivity contribution < 1.29 is 9.53 Å². The van der Waals surface area contributed by atoms with E-state index in [-0.39, 0.29) is 26.1 Å². The molecule has 0 aliphatic heterocycles. The zero-order valence-electron chi connectivity index (χ0n) is 14.9. The molecule has 28 heavy (non-hydrogen) atoms. The lowest BCUT2D eigenvalue weighted by molar-refractivity contribution is -0.160. The number of halogens is 1. The lowest BCUT2D eigenvalue weighted by atomic mass is 10.1. The molecule has 1 atom stereocenters. The van der Waals surface area contributed by atoms with Crippen LogP contribution in [-0.2, 0) is 9.53 Å². The average molecular weight is 453 g/mol. The number of hydrogen-bond acceptors (Lipinski definition) is 6. The van der Waals surface area contributed by atoms with Gasteiger partial charge in [-0.3, -0.25) is 4.79 Å². The summed E-state index contributed by atoms with van der Waals surface area (Å²) in [6.07, 6.45) is 1.93. The molecule has 14 heteroatoms. The van der Waals surface area contributed by atoms with Gasteiger partial charge in [0.15, 0.2) is 0 Å². The van der Waals surface area contributed by atoms with E-state index in [4.69, 9.17) is 21.3 Å². The maximum absolute atomic E-state index is 12.8. The monoisotopic (exact) mass is 452 g/mol. The molecule has 0 aliphatic carbocycles. The van der Waals surface area contributed by atoms with Crippen LogP contribution in [0.5, 0.6) is 0 Å². The van der Waals surface area contributed by atoms with Crippen molar-refractivity contribution in [1.29, 1.82) is 0 Å². The molecule has 0 aromatic carbocycles. The zero-order valence-corrected chi connectivity index (χ0v) is 16.5. The van der Waals surface area contributed by atoms with Gasteiger partial charge >= 0.3 is 5.97 Å². The molecule has 0 spiro atoms. The fourth-order valence-electron chi connectivity index (χ4n) is 2.28. The quantitative estimate of drug-likeness (QED) is 0.160. The summed E-state index contributed by atoms with van der Waals surface area (Å²) in [5.41, 5.74) is 23.6. The number of carbonyl (C=O) groups excluding carboxylic acids is 1. The molecule has 0 saturated heterocycles. The molecule has 0 bridgehead atoms. The Hall–Kier alpha value is -3.17. The van der Waals surface area contributed by atoms with Crippen molar-refractivity contribution in [3.63, 3.8) is 0 Å². The Morgan fingerprint density at radius 3 is 2.39 bits per heavy atom. The second kappa shape index (κ2) is 11.5. The molecule has 0 radical (unpaired) electrons. The molecule has 148 valence electrons. The van der Waals surface area contributed by atoms with Crippen molar-refractivity contribution in [2.24, 2.45) is 15.3 Å². The van der Waals surface area contributed by atoms with E-state index in [2.05, 4.69) is 46.0 Å². The first-order valence-electron chi connectivity index (χ1n) is 8.00. The van der Waals surface area contributed by atoms with Crippen molar-refractivity contribution >= 4 is 21.9 Å². The SMILES string of the molecule is CC(CN=[N+]=[N-])(CN=[N+]=[N-])OC(=O)C(CCCN=[N+]=[N-])n1ccc(Br)cc1=O. The van der Waals surface area contributed by atoms with Gasteiger partial charge < -0.3 is 9.30 Å². The van der Waals surface area contributed by atoms with Gasteiger partial charge in [-0.1, -0.05) is 31.3 Å². The molecule has 1 unspecified atom stereocenters. The largest absolute Gasteiger partial charge is 0.458 e. The third-order valence-electron chi connectivity index (χ3n) is 3.60. The van der Waals surface area contributed by atoms with E-state index in [0.717, 1.165) is 0 Å². The molecular formula is C14H17BrN10O3. The van der Waals surface area contributed by atoms with Gasteiger partial charge in [0.1, 0.15) is 11.6 Å². The molecule has 13 nitrogen and oxygen atoms in total. The van der Waals surface area contributed by atoms with Crippen LogP contribution in [0.2, 0.25) is 0 Å². The molecule has 1 heterocycles. The van der Waals surface area contributed by atoms with E-state index < -0.39 is 23.2 Å². The summed E-state index contributed by atoms with van der Waals surface area (Å²) < 4.78 is 7.20. The van der Waals surface area contributed by atoms with E-state index in [1.807, 2.05) is 0 Å². The summed E-state index contributed by atoms with van der Waals surface area (Å²) >= 11 is 3.18. The van der Waals surface area contributed by atoms with Crippen LogP contribution in [-0.4, -0.2) is 35.8 Å². The van der Waals surface area contributed by atoms with E-state index in [1.165, 1.54) is 23.8 Å². The number of azide groups is 3. The second-order valence-electron chi connectivity index (χ2n) is 5.85. The number of esters is 1. The normalized spacial score (nSPS) is 13.1. The molecule has 1 aromatic heterocycles. The maximum Gasteiger partial charge on any atom is 0.329 e. The Morgan fingerprint density at radius 2 is 1.86 bits per heavy atom. The Labute approximate surface area is 167 Å². The molecule has 0 fully saturated rings. The van der Waals surface area contributed by atoms with Gasteiger partial charge in [-0.05, 0) is 42.4 Å². The van der Waals surface area contributed by atoms with Gasteiger partial charge in [0.05, 0.1) is 13.1 Å². The van der Waals surface area contributed by atoms with Crippen molar-refractivity contribution in [2.75, 3.05) is 19.6 Å². The number of carbonyl (C=O) groups is 1. The zero-order chi connectivity index (χ0) is 21.0. The van der Waals surface area contributed by atoms with Crippen molar-refractivity contribution in [1.82, 2.24) is 4.57 Å². The highest BCUT2D eigenvalue weighted by atomic mass is 79.9. The molecule has 0 N–H and O–H groups in total. The minimum absolute atomic E-state index is 0.139. The highest BCUT2D eigenvalue weighted by molar-refractivity contribution is 9.10. The highest BCUT2D eigenvalue weighted by Gasteiger charge is 2.32. The molecular weight excluding hydrogens is 436 g/mol. The molecule has 0 aliphatic rings.